The average Bonchev–Trinajstić information content (AvgIpc) is 2.79. The Bertz CT molecular complexity index is 902. The molecule has 1 atom stereocenters. The highest BCUT2D eigenvalue weighted by molar-refractivity contribution is 7.99. The summed E-state index contributed by atoms with van der Waals surface area (Å²) in [6, 6.07) is 12.7. The van der Waals surface area contributed by atoms with Gasteiger partial charge in [0.1, 0.15) is 11.5 Å². The number of rotatable bonds is 2. The second-order valence-electron chi connectivity index (χ2n) is 6.49. The van der Waals surface area contributed by atoms with Gasteiger partial charge in [0.2, 0.25) is 0 Å². The number of hydrogen-bond acceptors (Lipinski definition) is 4. The van der Waals surface area contributed by atoms with Crippen molar-refractivity contribution in [2.24, 2.45) is 7.05 Å². The summed E-state index contributed by atoms with van der Waals surface area (Å²) in [5.41, 5.74) is 7.15. The monoisotopic (exact) mass is 350 g/mol. The molecule has 2 aromatic heterocycles. The Balaban J connectivity index is 1.92. The normalized spacial score (nSPS) is 16.8. The number of pyridine rings is 1. The SMILES string of the molecule is Cc1ccc([C@H]2SCCNc3c2c(-c2ccccn2)nn3C)c(C)c1. The molecule has 0 fully saturated rings. The van der Waals surface area contributed by atoms with Crippen LogP contribution in [0.5, 0.6) is 0 Å². The van der Waals surface area contributed by atoms with E-state index in [-0.39, 0.29) is 5.25 Å². The van der Waals surface area contributed by atoms with E-state index in [4.69, 9.17) is 5.10 Å². The van der Waals surface area contributed by atoms with E-state index in [1.807, 2.05) is 47.9 Å². The standard InChI is InChI=1S/C20H22N4S/c1-13-7-8-15(14(2)12-13)19-17-18(16-6-4-5-9-21-16)23-24(3)20(17)22-10-11-25-19/h4-9,12,19,22H,10-11H2,1-3H3/t19-/m1/s1. The summed E-state index contributed by atoms with van der Waals surface area (Å²) in [5, 5.41) is 8.63. The fourth-order valence-corrected chi connectivity index (χ4v) is 4.77. The molecule has 128 valence electrons. The Labute approximate surface area is 152 Å². The van der Waals surface area contributed by atoms with Crippen LogP contribution < -0.4 is 5.32 Å². The minimum absolute atomic E-state index is 0.260. The number of thioether (sulfide) groups is 1. The number of nitrogens with zero attached hydrogens (tertiary/aromatic N) is 3. The molecule has 0 spiro atoms. The first kappa shape index (κ1) is 16.2. The number of fused-ring (bicyclic) bond motifs is 1. The van der Waals surface area contributed by atoms with Gasteiger partial charge in [0.25, 0.3) is 0 Å². The Morgan fingerprint density at radius 1 is 1.20 bits per heavy atom. The van der Waals surface area contributed by atoms with E-state index in [0.717, 1.165) is 29.5 Å². The Morgan fingerprint density at radius 3 is 2.84 bits per heavy atom. The molecule has 1 aromatic carbocycles. The molecule has 0 aliphatic carbocycles. The number of hydrogen-bond donors (Lipinski definition) is 1. The molecule has 0 saturated heterocycles. The first-order valence-electron chi connectivity index (χ1n) is 8.56. The summed E-state index contributed by atoms with van der Waals surface area (Å²) < 4.78 is 1.96. The highest BCUT2D eigenvalue weighted by atomic mass is 32.2. The van der Waals surface area contributed by atoms with E-state index in [1.54, 1.807) is 0 Å². The van der Waals surface area contributed by atoms with Crippen LogP contribution in [0, 0.1) is 13.8 Å². The van der Waals surface area contributed by atoms with Gasteiger partial charge in [0, 0.05) is 31.1 Å². The summed E-state index contributed by atoms with van der Waals surface area (Å²) in [4.78, 5) is 4.55. The molecule has 0 unspecified atom stereocenters. The topological polar surface area (TPSA) is 42.7 Å². The van der Waals surface area contributed by atoms with Crippen LogP contribution in [0.1, 0.15) is 27.5 Å². The smallest absolute Gasteiger partial charge is 0.129 e. The summed E-state index contributed by atoms with van der Waals surface area (Å²) >= 11 is 1.98. The first-order chi connectivity index (χ1) is 12.1. The van der Waals surface area contributed by atoms with Crippen LogP contribution in [-0.2, 0) is 7.05 Å². The van der Waals surface area contributed by atoms with Crippen LogP contribution in [0.3, 0.4) is 0 Å². The third-order valence-corrected chi connectivity index (χ3v) is 5.90. The van der Waals surface area contributed by atoms with E-state index < -0.39 is 0 Å². The molecule has 0 bridgehead atoms. The lowest BCUT2D eigenvalue weighted by Crippen LogP contribution is -2.06. The van der Waals surface area contributed by atoms with Gasteiger partial charge in [-0.15, -0.1) is 11.8 Å². The fourth-order valence-electron chi connectivity index (χ4n) is 3.48. The number of benzene rings is 1. The maximum atomic E-state index is 4.81. The van der Waals surface area contributed by atoms with Gasteiger partial charge in [-0.1, -0.05) is 29.8 Å². The zero-order valence-corrected chi connectivity index (χ0v) is 15.6. The largest absolute Gasteiger partial charge is 0.369 e. The first-order valence-corrected chi connectivity index (χ1v) is 9.61. The molecule has 3 heterocycles. The van der Waals surface area contributed by atoms with Crippen molar-refractivity contribution in [2.75, 3.05) is 17.6 Å². The molecule has 5 heteroatoms. The van der Waals surface area contributed by atoms with Gasteiger partial charge >= 0.3 is 0 Å². The van der Waals surface area contributed by atoms with E-state index in [0.29, 0.717) is 0 Å². The Kier molecular flexibility index (Phi) is 4.25. The molecule has 0 amide bonds. The van der Waals surface area contributed by atoms with Gasteiger partial charge in [0.05, 0.1) is 10.9 Å². The minimum atomic E-state index is 0.260. The zero-order chi connectivity index (χ0) is 17.4. The van der Waals surface area contributed by atoms with Crippen LogP contribution in [0.15, 0.2) is 42.6 Å². The predicted octanol–water partition coefficient (Wildman–Crippen LogP) is 4.35. The lowest BCUT2D eigenvalue weighted by molar-refractivity contribution is 0.773. The average molecular weight is 350 g/mol. The van der Waals surface area contributed by atoms with E-state index >= 15 is 0 Å². The zero-order valence-electron chi connectivity index (χ0n) is 14.8. The van der Waals surface area contributed by atoms with Crippen LogP contribution in [0.25, 0.3) is 11.4 Å². The fraction of sp³-hybridized carbons (Fsp3) is 0.300. The summed E-state index contributed by atoms with van der Waals surface area (Å²) in [6.07, 6.45) is 1.83. The van der Waals surface area contributed by atoms with Crippen LogP contribution in [-0.4, -0.2) is 27.1 Å². The van der Waals surface area contributed by atoms with E-state index in [9.17, 15) is 0 Å². The second-order valence-corrected chi connectivity index (χ2v) is 7.70. The van der Waals surface area contributed by atoms with E-state index in [2.05, 4.69) is 42.3 Å². The number of nitrogens with one attached hydrogen (secondary N) is 1. The molecule has 0 radical (unpaired) electrons. The van der Waals surface area contributed by atoms with Crippen LogP contribution >= 0.6 is 11.8 Å². The van der Waals surface area contributed by atoms with Crippen LogP contribution in [0.2, 0.25) is 0 Å². The third kappa shape index (κ3) is 2.93. The summed E-state index contributed by atoms with van der Waals surface area (Å²) in [6.45, 7) is 5.30. The van der Waals surface area contributed by atoms with Gasteiger partial charge < -0.3 is 5.32 Å². The number of anilines is 1. The molecular weight excluding hydrogens is 328 g/mol. The number of aromatic nitrogens is 3. The molecule has 4 nitrogen and oxygen atoms in total. The molecule has 0 saturated carbocycles. The Morgan fingerprint density at radius 2 is 2.08 bits per heavy atom. The molecule has 1 aliphatic rings. The van der Waals surface area contributed by atoms with Crippen molar-refractivity contribution in [2.45, 2.75) is 19.1 Å². The van der Waals surface area contributed by atoms with Crippen molar-refractivity contribution in [3.05, 3.63) is 64.8 Å². The van der Waals surface area contributed by atoms with Crippen LogP contribution in [0.4, 0.5) is 5.82 Å². The van der Waals surface area contributed by atoms with Gasteiger partial charge in [-0.05, 0) is 37.1 Å². The highest BCUT2D eigenvalue weighted by Gasteiger charge is 2.30. The molecule has 3 aromatic rings. The quantitative estimate of drug-likeness (QED) is 0.746. The van der Waals surface area contributed by atoms with Crippen molar-refractivity contribution in [1.29, 1.82) is 0 Å². The third-order valence-electron chi connectivity index (χ3n) is 4.64. The van der Waals surface area contributed by atoms with Crippen molar-refractivity contribution in [3.63, 3.8) is 0 Å². The molecule has 1 aliphatic heterocycles. The predicted molar refractivity (Wildman–Crippen MR) is 105 cm³/mol. The maximum absolute atomic E-state index is 4.81. The highest BCUT2D eigenvalue weighted by Crippen LogP contribution is 2.46. The van der Waals surface area contributed by atoms with Crippen molar-refractivity contribution in [3.8, 4) is 11.4 Å². The van der Waals surface area contributed by atoms with Gasteiger partial charge in [-0.25, -0.2) is 0 Å². The van der Waals surface area contributed by atoms with E-state index in [1.165, 1.54) is 22.3 Å². The van der Waals surface area contributed by atoms with Gasteiger partial charge in [-0.3, -0.25) is 9.67 Å². The maximum Gasteiger partial charge on any atom is 0.129 e. The van der Waals surface area contributed by atoms with Crippen molar-refractivity contribution >= 4 is 17.6 Å². The lowest BCUT2D eigenvalue weighted by atomic mass is 9.97. The molecule has 4 rings (SSSR count). The lowest BCUT2D eigenvalue weighted by Gasteiger charge is -2.19. The second kappa shape index (κ2) is 6.56. The summed E-state index contributed by atoms with van der Waals surface area (Å²) in [5.74, 6) is 2.17. The molecule has 1 N–H and O–H groups in total. The van der Waals surface area contributed by atoms with Gasteiger partial charge in [-0.2, -0.15) is 5.10 Å². The Hall–Kier alpha value is -2.27. The summed E-state index contributed by atoms with van der Waals surface area (Å²) in [7, 11) is 2.01. The van der Waals surface area contributed by atoms with Crippen molar-refractivity contribution in [1.82, 2.24) is 14.8 Å². The van der Waals surface area contributed by atoms with Crippen molar-refractivity contribution < 1.29 is 0 Å². The van der Waals surface area contributed by atoms with Gasteiger partial charge in [0.15, 0.2) is 0 Å². The molecule has 25 heavy (non-hydrogen) atoms. The molecular formula is C20H22N4S. The number of aryl methyl sites for hydroxylation is 3. The minimum Gasteiger partial charge on any atom is -0.369 e.